The van der Waals surface area contributed by atoms with Crippen LogP contribution < -0.4 is 4.90 Å². The van der Waals surface area contributed by atoms with Crippen molar-refractivity contribution in [3.63, 3.8) is 0 Å². The predicted molar refractivity (Wildman–Crippen MR) is 52.4 cm³/mol. The largest absolute Gasteiger partial charge is 0.372 e. The zero-order valence-electron chi connectivity index (χ0n) is 8.13. The quantitative estimate of drug-likeness (QED) is 0.720. The summed E-state index contributed by atoms with van der Waals surface area (Å²) in [5.41, 5.74) is 0.358. The van der Waals surface area contributed by atoms with Crippen LogP contribution in [0.4, 0.5) is 14.5 Å². The van der Waals surface area contributed by atoms with E-state index in [0.29, 0.717) is 11.6 Å². The molecule has 1 saturated carbocycles. The molecule has 1 fully saturated rings. The molecular formula is C11H13F2N. The number of rotatable bonds is 3. The van der Waals surface area contributed by atoms with Crippen molar-refractivity contribution in [2.75, 3.05) is 18.5 Å². The van der Waals surface area contributed by atoms with Gasteiger partial charge in [0.25, 0.3) is 0 Å². The van der Waals surface area contributed by atoms with E-state index in [1.54, 1.807) is 11.9 Å². The molecule has 0 amide bonds. The monoisotopic (exact) mass is 197 g/mol. The fraction of sp³-hybridized carbons (Fsp3) is 0.455. The Kier molecular flexibility index (Phi) is 2.40. The van der Waals surface area contributed by atoms with E-state index >= 15 is 0 Å². The summed E-state index contributed by atoms with van der Waals surface area (Å²) in [6, 6.07) is 3.57. The number of hydrogen-bond acceptors (Lipinski definition) is 1. The predicted octanol–water partition coefficient (Wildman–Crippen LogP) is 2.81. The van der Waals surface area contributed by atoms with E-state index in [1.807, 2.05) is 0 Å². The summed E-state index contributed by atoms with van der Waals surface area (Å²) in [5.74, 6) is -0.0683. The molecule has 1 aromatic carbocycles. The Labute approximate surface area is 82.3 Å². The Morgan fingerprint density at radius 2 is 2.07 bits per heavy atom. The lowest BCUT2D eigenvalue weighted by Crippen LogP contribution is -2.21. The summed E-state index contributed by atoms with van der Waals surface area (Å²) in [5, 5.41) is 0. The summed E-state index contributed by atoms with van der Waals surface area (Å²) in [7, 11) is 1.80. The third-order valence-corrected chi connectivity index (χ3v) is 2.55. The molecule has 0 atom stereocenters. The molecule has 0 aromatic heterocycles. The highest BCUT2D eigenvalue weighted by molar-refractivity contribution is 5.47. The van der Waals surface area contributed by atoms with Crippen LogP contribution in [0, 0.1) is 17.6 Å². The van der Waals surface area contributed by atoms with Crippen molar-refractivity contribution in [2.45, 2.75) is 12.8 Å². The number of anilines is 1. The average Bonchev–Trinajstić information content (AvgIpc) is 2.93. The molecule has 0 unspecified atom stereocenters. The first kappa shape index (κ1) is 9.44. The molecule has 1 aliphatic rings. The number of halogens is 2. The zero-order valence-corrected chi connectivity index (χ0v) is 8.13. The van der Waals surface area contributed by atoms with E-state index in [-0.39, 0.29) is 11.6 Å². The van der Waals surface area contributed by atoms with Gasteiger partial charge >= 0.3 is 0 Å². The fourth-order valence-electron chi connectivity index (χ4n) is 1.56. The molecule has 0 bridgehead atoms. The number of hydrogen-bond donors (Lipinski definition) is 0. The van der Waals surface area contributed by atoms with E-state index < -0.39 is 0 Å². The summed E-state index contributed by atoms with van der Waals surface area (Å²) >= 11 is 0. The maximum atomic E-state index is 13.3. The van der Waals surface area contributed by atoms with Gasteiger partial charge in [-0.3, -0.25) is 0 Å². The van der Waals surface area contributed by atoms with Crippen LogP contribution in [0.25, 0.3) is 0 Å². The van der Waals surface area contributed by atoms with Crippen LogP contribution in [-0.4, -0.2) is 13.6 Å². The van der Waals surface area contributed by atoms with Crippen LogP contribution >= 0.6 is 0 Å². The van der Waals surface area contributed by atoms with E-state index in [1.165, 1.54) is 25.0 Å². The Hall–Kier alpha value is -1.12. The molecule has 0 saturated heterocycles. The molecule has 1 aliphatic carbocycles. The second-order valence-corrected chi connectivity index (χ2v) is 3.92. The highest BCUT2D eigenvalue weighted by Gasteiger charge is 2.23. The van der Waals surface area contributed by atoms with Crippen molar-refractivity contribution in [1.29, 1.82) is 0 Å². The van der Waals surface area contributed by atoms with Crippen LogP contribution in [-0.2, 0) is 0 Å². The van der Waals surface area contributed by atoms with Crippen molar-refractivity contribution < 1.29 is 8.78 Å². The van der Waals surface area contributed by atoms with Crippen LogP contribution in [0.3, 0.4) is 0 Å². The molecule has 76 valence electrons. The molecule has 0 aliphatic heterocycles. The summed E-state index contributed by atoms with van der Waals surface area (Å²) < 4.78 is 26.1. The third-order valence-electron chi connectivity index (χ3n) is 2.55. The van der Waals surface area contributed by atoms with E-state index in [4.69, 9.17) is 0 Å². The summed E-state index contributed by atoms with van der Waals surface area (Å²) in [6.07, 6.45) is 2.42. The molecule has 2 rings (SSSR count). The first-order valence-corrected chi connectivity index (χ1v) is 4.83. The normalized spacial score (nSPS) is 15.6. The van der Waals surface area contributed by atoms with Crippen LogP contribution in [0.1, 0.15) is 12.8 Å². The zero-order chi connectivity index (χ0) is 10.1. The highest BCUT2D eigenvalue weighted by Crippen LogP contribution is 2.31. The second-order valence-electron chi connectivity index (χ2n) is 3.92. The van der Waals surface area contributed by atoms with E-state index in [0.717, 1.165) is 12.6 Å². The molecule has 0 N–H and O–H groups in total. The van der Waals surface area contributed by atoms with Gasteiger partial charge in [0, 0.05) is 19.7 Å². The molecule has 3 heteroatoms. The van der Waals surface area contributed by atoms with Crippen molar-refractivity contribution >= 4 is 5.69 Å². The van der Waals surface area contributed by atoms with Gasteiger partial charge in [-0.25, -0.2) is 8.78 Å². The smallest absolute Gasteiger partial charge is 0.146 e. The Balaban J connectivity index is 2.15. The molecule has 1 nitrogen and oxygen atoms in total. The Bertz CT molecular complexity index is 334. The maximum absolute atomic E-state index is 13.3. The number of benzene rings is 1. The van der Waals surface area contributed by atoms with Gasteiger partial charge in [-0.05, 0) is 30.9 Å². The number of nitrogens with zero attached hydrogens (tertiary/aromatic N) is 1. The highest BCUT2D eigenvalue weighted by atomic mass is 19.1. The van der Waals surface area contributed by atoms with Gasteiger partial charge in [-0.15, -0.1) is 0 Å². The third kappa shape index (κ3) is 2.03. The molecular weight excluding hydrogens is 184 g/mol. The first-order chi connectivity index (χ1) is 6.66. The van der Waals surface area contributed by atoms with E-state index in [2.05, 4.69) is 0 Å². The molecule has 1 aromatic rings. The lowest BCUT2D eigenvalue weighted by Gasteiger charge is -2.19. The molecule has 0 radical (unpaired) electrons. The van der Waals surface area contributed by atoms with Crippen LogP contribution in [0.5, 0.6) is 0 Å². The van der Waals surface area contributed by atoms with Gasteiger partial charge in [0.15, 0.2) is 0 Å². The Morgan fingerprint density at radius 3 is 2.71 bits per heavy atom. The minimum absolute atomic E-state index is 0.352. The van der Waals surface area contributed by atoms with E-state index in [9.17, 15) is 8.78 Å². The Morgan fingerprint density at radius 1 is 1.36 bits per heavy atom. The summed E-state index contributed by atoms with van der Waals surface area (Å²) in [6.45, 7) is 0.820. The van der Waals surface area contributed by atoms with Gasteiger partial charge in [-0.1, -0.05) is 0 Å². The molecule has 14 heavy (non-hydrogen) atoms. The second kappa shape index (κ2) is 3.56. The standard InChI is InChI=1S/C11H13F2N/c1-14(7-8-2-3-8)11-6-9(12)4-5-10(11)13/h4-6,8H,2-3,7H2,1H3. The minimum Gasteiger partial charge on any atom is -0.372 e. The van der Waals surface area contributed by atoms with Gasteiger partial charge in [0.2, 0.25) is 0 Å². The molecule has 0 heterocycles. The van der Waals surface area contributed by atoms with Gasteiger partial charge in [0.05, 0.1) is 5.69 Å². The topological polar surface area (TPSA) is 3.24 Å². The van der Waals surface area contributed by atoms with Crippen LogP contribution in [0.15, 0.2) is 18.2 Å². The van der Waals surface area contributed by atoms with Gasteiger partial charge < -0.3 is 4.90 Å². The van der Waals surface area contributed by atoms with Crippen molar-refractivity contribution in [2.24, 2.45) is 5.92 Å². The van der Waals surface area contributed by atoms with Crippen molar-refractivity contribution in [3.05, 3.63) is 29.8 Å². The average molecular weight is 197 g/mol. The molecule has 0 spiro atoms. The maximum Gasteiger partial charge on any atom is 0.146 e. The fourth-order valence-corrected chi connectivity index (χ4v) is 1.56. The lowest BCUT2D eigenvalue weighted by atomic mass is 10.2. The van der Waals surface area contributed by atoms with Gasteiger partial charge in [-0.2, -0.15) is 0 Å². The van der Waals surface area contributed by atoms with Crippen molar-refractivity contribution in [3.8, 4) is 0 Å². The minimum atomic E-state index is -0.385. The van der Waals surface area contributed by atoms with Crippen molar-refractivity contribution in [1.82, 2.24) is 0 Å². The van der Waals surface area contributed by atoms with Gasteiger partial charge in [0.1, 0.15) is 11.6 Å². The summed E-state index contributed by atoms with van der Waals surface area (Å²) in [4.78, 5) is 1.79. The SMILES string of the molecule is CN(CC1CC1)c1cc(F)ccc1F. The first-order valence-electron chi connectivity index (χ1n) is 4.83. The van der Waals surface area contributed by atoms with Crippen LogP contribution in [0.2, 0.25) is 0 Å². The lowest BCUT2D eigenvalue weighted by molar-refractivity contribution is 0.594.